The SMILES string of the molecule is Cn1c(-c2ccccc2)nc(Br)c1C(CN)N1CCCCC1. The molecule has 0 bridgehead atoms. The molecule has 2 aromatic rings. The standard InChI is InChI=1S/C17H23BrN4/c1-21-15(14(12-19)22-10-6-3-7-11-22)16(18)20-17(21)13-8-4-2-5-9-13/h2,4-5,8-9,14H,3,6-7,10-12,19H2,1H3. The molecule has 1 aliphatic rings. The molecular formula is C17H23BrN4. The Morgan fingerprint density at radius 2 is 1.86 bits per heavy atom. The molecule has 1 atom stereocenters. The molecule has 0 radical (unpaired) electrons. The lowest BCUT2D eigenvalue weighted by molar-refractivity contribution is 0.162. The molecule has 118 valence electrons. The molecule has 1 unspecified atom stereocenters. The van der Waals surface area contributed by atoms with Gasteiger partial charge in [0, 0.05) is 19.2 Å². The summed E-state index contributed by atoms with van der Waals surface area (Å²) in [7, 11) is 2.09. The van der Waals surface area contributed by atoms with Crippen molar-refractivity contribution < 1.29 is 0 Å². The molecule has 1 aromatic heterocycles. The number of benzene rings is 1. The fraction of sp³-hybridized carbons (Fsp3) is 0.471. The van der Waals surface area contributed by atoms with Crippen molar-refractivity contribution >= 4 is 15.9 Å². The van der Waals surface area contributed by atoms with E-state index in [1.807, 2.05) is 18.2 Å². The van der Waals surface area contributed by atoms with E-state index in [9.17, 15) is 0 Å². The lowest BCUT2D eigenvalue weighted by Crippen LogP contribution is -2.38. The molecule has 1 aliphatic heterocycles. The summed E-state index contributed by atoms with van der Waals surface area (Å²) in [4.78, 5) is 7.24. The molecule has 1 saturated heterocycles. The van der Waals surface area contributed by atoms with Gasteiger partial charge in [0.1, 0.15) is 10.4 Å². The van der Waals surface area contributed by atoms with Gasteiger partial charge in [0.05, 0.1) is 11.7 Å². The van der Waals surface area contributed by atoms with Crippen LogP contribution in [-0.2, 0) is 7.05 Å². The third-order valence-electron chi connectivity index (χ3n) is 4.50. The number of hydrogen-bond donors (Lipinski definition) is 1. The molecule has 0 aliphatic carbocycles. The summed E-state index contributed by atoms with van der Waals surface area (Å²) in [6.45, 7) is 2.87. The van der Waals surface area contributed by atoms with Gasteiger partial charge in [-0.3, -0.25) is 4.90 Å². The van der Waals surface area contributed by atoms with Crippen LogP contribution in [0.3, 0.4) is 0 Å². The Kier molecular flexibility index (Phi) is 4.96. The van der Waals surface area contributed by atoms with Gasteiger partial charge in [-0.15, -0.1) is 0 Å². The molecule has 4 nitrogen and oxygen atoms in total. The third-order valence-corrected chi connectivity index (χ3v) is 5.08. The minimum atomic E-state index is 0.227. The maximum atomic E-state index is 6.12. The van der Waals surface area contributed by atoms with Crippen LogP contribution in [0.4, 0.5) is 0 Å². The van der Waals surface area contributed by atoms with E-state index in [2.05, 4.69) is 44.6 Å². The Balaban J connectivity index is 1.97. The van der Waals surface area contributed by atoms with E-state index in [1.165, 1.54) is 25.0 Å². The third kappa shape index (κ3) is 2.98. The average molecular weight is 363 g/mol. The van der Waals surface area contributed by atoms with Crippen LogP contribution in [0.5, 0.6) is 0 Å². The highest BCUT2D eigenvalue weighted by molar-refractivity contribution is 9.10. The van der Waals surface area contributed by atoms with E-state index >= 15 is 0 Å². The number of nitrogens with two attached hydrogens (primary N) is 1. The predicted molar refractivity (Wildman–Crippen MR) is 93.6 cm³/mol. The molecule has 22 heavy (non-hydrogen) atoms. The second kappa shape index (κ2) is 6.94. The second-order valence-corrected chi connectivity index (χ2v) is 6.64. The molecule has 1 fully saturated rings. The first kappa shape index (κ1) is 15.7. The highest BCUT2D eigenvalue weighted by atomic mass is 79.9. The first-order valence-corrected chi connectivity index (χ1v) is 8.73. The number of hydrogen-bond acceptors (Lipinski definition) is 3. The van der Waals surface area contributed by atoms with Crippen LogP contribution in [0.25, 0.3) is 11.4 Å². The Morgan fingerprint density at radius 3 is 2.50 bits per heavy atom. The molecule has 2 N–H and O–H groups in total. The zero-order valence-electron chi connectivity index (χ0n) is 13.0. The fourth-order valence-electron chi connectivity index (χ4n) is 3.35. The Hall–Kier alpha value is -1.17. The minimum Gasteiger partial charge on any atom is -0.329 e. The van der Waals surface area contributed by atoms with Crippen LogP contribution in [0, 0.1) is 0 Å². The molecule has 0 amide bonds. The number of halogens is 1. The summed E-state index contributed by atoms with van der Waals surface area (Å²) in [6, 6.07) is 10.5. The highest BCUT2D eigenvalue weighted by Gasteiger charge is 2.27. The van der Waals surface area contributed by atoms with Crippen LogP contribution >= 0.6 is 15.9 Å². The number of nitrogens with zero attached hydrogens (tertiary/aromatic N) is 3. The average Bonchev–Trinajstić information content (AvgIpc) is 2.86. The summed E-state index contributed by atoms with van der Waals surface area (Å²) in [5, 5.41) is 0. The van der Waals surface area contributed by atoms with Crippen molar-refractivity contribution in [2.45, 2.75) is 25.3 Å². The van der Waals surface area contributed by atoms with Crippen molar-refractivity contribution in [2.75, 3.05) is 19.6 Å². The topological polar surface area (TPSA) is 47.1 Å². The van der Waals surface area contributed by atoms with Crippen molar-refractivity contribution in [3.63, 3.8) is 0 Å². The Labute approximate surface area is 140 Å². The molecule has 0 saturated carbocycles. The van der Waals surface area contributed by atoms with Crippen LogP contribution in [0.2, 0.25) is 0 Å². The van der Waals surface area contributed by atoms with Crippen molar-refractivity contribution in [1.82, 2.24) is 14.5 Å². The van der Waals surface area contributed by atoms with Gasteiger partial charge in [0.2, 0.25) is 0 Å². The molecule has 2 heterocycles. The summed E-state index contributed by atoms with van der Waals surface area (Å²) in [5.74, 6) is 0.984. The van der Waals surface area contributed by atoms with Crippen LogP contribution < -0.4 is 5.73 Å². The summed E-state index contributed by atoms with van der Waals surface area (Å²) in [6.07, 6.45) is 3.85. The van der Waals surface area contributed by atoms with Gasteiger partial charge in [0.15, 0.2) is 0 Å². The molecule has 0 spiro atoms. The van der Waals surface area contributed by atoms with Crippen LogP contribution in [0.1, 0.15) is 31.0 Å². The number of piperidine rings is 1. The number of likely N-dealkylation sites (tertiary alicyclic amines) is 1. The fourth-order valence-corrected chi connectivity index (χ4v) is 4.05. The second-order valence-electron chi connectivity index (χ2n) is 5.88. The van der Waals surface area contributed by atoms with Gasteiger partial charge in [-0.1, -0.05) is 36.8 Å². The maximum Gasteiger partial charge on any atom is 0.141 e. The van der Waals surface area contributed by atoms with E-state index in [0.29, 0.717) is 6.54 Å². The largest absolute Gasteiger partial charge is 0.329 e. The van der Waals surface area contributed by atoms with E-state index in [-0.39, 0.29) is 6.04 Å². The quantitative estimate of drug-likeness (QED) is 0.907. The number of imidazole rings is 1. The lowest BCUT2D eigenvalue weighted by atomic mass is 10.1. The van der Waals surface area contributed by atoms with Crippen molar-refractivity contribution in [2.24, 2.45) is 12.8 Å². The van der Waals surface area contributed by atoms with Crippen LogP contribution in [0.15, 0.2) is 34.9 Å². The van der Waals surface area contributed by atoms with E-state index in [4.69, 9.17) is 10.7 Å². The molecular weight excluding hydrogens is 340 g/mol. The zero-order valence-corrected chi connectivity index (χ0v) is 14.6. The highest BCUT2D eigenvalue weighted by Crippen LogP contribution is 2.32. The predicted octanol–water partition coefficient (Wildman–Crippen LogP) is 3.34. The van der Waals surface area contributed by atoms with Gasteiger partial charge in [0.25, 0.3) is 0 Å². The van der Waals surface area contributed by atoms with Gasteiger partial charge >= 0.3 is 0 Å². The summed E-state index contributed by atoms with van der Waals surface area (Å²) < 4.78 is 3.10. The van der Waals surface area contributed by atoms with Crippen molar-refractivity contribution in [1.29, 1.82) is 0 Å². The smallest absolute Gasteiger partial charge is 0.141 e. The number of rotatable bonds is 4. The lowest BCUT2D eigenvalue weighted by Gasteiger charge is -2.34. The van der Waals surface area contributed by atoms with Gasteiger partial charge in [-0.2, -0.15) is 0 Å². The van der Waals surface area contributed by atoms with Crippen molar-refractivity contribution in [3.8, 4) is 11.4 Å². The van der Waals surface area contributed by atoms with Crippen molar-refractivity contribution in [3.05, 3.63) is 40.6 Å². The minimum absolute atomic E-state index is 0.227. The van der Waals surface area contributed by atoms with Crippen LogP contribution in [-0.4, -0.2) is 34.1 Å². The first-order chi connectivity index (χ1) is 10.7. The Morgan fingerprint density at radius 1 is 1.18 bits per heavy atom. The molecule has 1 aromatic carbocycles. The Bertz CT molecular complexity index is 617. The van der Waals surface area contributed by atoms with Gasteiger partial charge in [-0.25, -0.2) is 4.98 Å². The number of aromatic nitrogens is 2. The van der Waals surface area contributed by atoms with Gasteiger partial charge < -0.3 is 10.3 Å². The maximum absolute atomic E-state index is 6.12. The molecule has 5 heteroatoms. The summed E-state index contributed by atoms with van der Waals surface area (Å²) in [5.41, 5.74) is 8.43. The van der Waals surface area contributed by atoms with Gasteiger partial charge in [-0.05, 0) is 41.9 Å². The normalized spacial score (nSPS) is 17.6. The molecule has 3 rings (SSSR count). The van der Waals surface area contributed by atoms with E-state index < -0.39 is 0 Å². The summed E-state index contributed by atoms with van der Waals surface area (Å²) >= 11 is 3.66. The zero-order chi connectivity index (χ0) is 15.5. The van der Waals surface area contributed by atoms with E-state index in [1.54, 1.807) is 0 Å². The first-order valence-electron chi connectivity index (χ1n) is 7.94. The van der Waals surface area contributed by atoms with E-state index in [0.717, 1.165) is 29.1 Å². The monoisotopic (exact) mass is 362 g/mol.